The molecule has 0 spiro atoms. The Bertz CT molecular complexity index is 646. The van der Waals surface area contributed by atoms with Crippen LogP contribution in [0, 0.1) is 0 Å². The topological polar surface area (TPSA) is 74.3 Å². The fourth-order valence-electron chi connectivity index (χ4n) is 1.93. The van der Waals surface area contributed by atoms with E-state index in [2.05, 4.69) is 0 Å². The Morgan fingerprint density at radius 3 is 2.72 bits per heavy atom. The minimum atomic E-state index is -3.70. The van der Waals surface area contributed by atoms with Crippen molar-refractivity contribution in [3.63, 3.8) is 0 Å². The highest BCUT2D eigenvalue weighted by Gasteiger charge is 2.16. The minimum absolute atomic E-state index is 0.162. The molecule has 0 radical (unpaired) electrons. The Kier molecular flexibility index (Phi) is 3.70. The van der Waals surface area contributed by atoms with Crippen LogP contribution in [-0.2, 0) is 21.3 Å². The first kappa shape index (κ1) is 13.1. The van der Waals surface area contributed by atoms with Crippen molar-refractivity contribution in [2.45, 2.75) is 18.4 Å². The van der Waals surface area contributed by atoms with Crippen LogP contribution in [0.15, 0.2) is 35.4 Å². The summed E-state index contributed by atoms with van der Waals surface area (Å²) in [6.45, 7) is 3.70. The van der Waals surface area contributed by atoms with Gasteiger partial charge in [0.1, 0.15) is 4.90 Å². The molecular formula is C12H16N2O3S. The highest BCUT2D eigenvalue weighted by Crippen LogP contribution is 2.24. The number of hydrogen-bond donors (Lipinski definition) is 1. The van der Waals surface area contributed by atoms with Crippen LogP contribution >= 0.6 is 0 Å². The first-order chi connectivity index (χ1) is 8.54. The second-order valence-electron chi connectivity index (χ2n) is 3.95. The smallest absolute Gasteiger partial charge is 0.240 e. The molecule has 1 aromatic heterocycles. The van der Waals surface area contributed by atoms with Crippen molar-refractivity contribution in [1.82, 2.24) is 4.57 Å². The summed E-state index contributed by atoms with van der Waals surface area (Å²) in [5.74, 6) is 0. The monoisotopic (exact) mass is 268 g/mol. The summed E-state index contributed by atoms with van der Waals surface area (Å²) in [7, 11) is -3.70. The van der Waals surface area contributed by atoms with Crippen molar-refractivity contribution in [2.75, 3.05) is 13.2 Å². The average molecular weight is 268 g/mol. The quantitative estimate of drug-likeness (QED) is 0.831. The molecule has 0 amide bonds. The SMILES string of the molecule is CCOCCn1cc(S(N)(=O)=O)c2ccccc21. The normalized spacial score (nSPS) is 12.1. The summed E-state index contributed by atoms with van der Waals surface area (Å²) in [4.78, 5) is 0.162. The number of aromatic nitrogens is 1. The van der Waals surface area contributed by atoms with E-state index >= 15 is 0 Å². The van der Waals surface area contributed by atoms with Crippen molar-refractivity contribution in [2.24, 2.45) is 5.14 Å². The summed E-state index contributed by atoms with van der Waals surface area (Å²) in [5.41, 5.74) is 0.848. The molecule has 0 aliphatic rings. The maximum atomic E-state index is 11.5. The Hall–Kier alpha value is -1.37. The summed E-state index contributed by atoms with van der Waals surface area (Å²) in [6.07, 6.45) is 1.57. The van der Waals surface area contributed by atoms with Crippen LogP contribution in [0.1, 0.15) is 6.92 Å². The summed E-state index contributed by atoms with van der Waals surface area (Å²) < 4.78 is 30.2. The predicted molar refractivity (Wildman–Crippen MR) is 69.8 cm³/mol. The zero-order chi connectivity index (χ0) is 13.2. The molecule has 2 N–H and O–H groups in total. The second kappa shape index (κ2) is 5.09. The molecule has 0 unspecified atom stereocenters. The number of nitrogens with two attached hydrogens (primary N) is 1. The Morgan fingerprint density at radius 1 is 1.33 bits per heavy atom. The molecule has 6 heteroatoms. The van der Waals surface area contributed by atoms with Crippen LogP contribution in [-0.4, -0.2) is 26.2 Å². The van der Waals surface area contributed by atoms with Gasteiger partial charge in [-0.2, -0.15) is 0 Å². The number of sulfonamides is 1. The lowest BCUT2D eigenvalue weighted by Gasteiger charge is -2.04. The third-order valence-corrected chi connectivity index (χ3v) is 3.68. The van der Waals surface area contributed by atoms with Gasteiger partial charge in [-0.3, -0.25) is 0 Å². The molecule has 0 saturated carbocycles. The second-order valence-corrected chi connectivity index (χ2v) is 5.48. The first-order valence-electron chi connectivity index (χ1n) is 5.72. The maximum absolute atomic E-state index is 11.5. The van der Waals surface area contributed by atoms with E-state index in [1.165, 1.54) is 0 Å². The van der Waals surface area contributed by atoms with E-state index < -0.39 is 10.0 Å². The van der Waals surface area contributed by atoms with Crippen molar-refractivity contribution in [3.05, 3.63) is 30.5 Å². The molecule has 5 nitrogen and oxygen atoms in total. The first-order valence-corrected chi connectivity index (χ1v) is 7.27. The Balaban J connectivity index is 2.48. The van der Waals surface area contributed by atoms with Crippen LogP contribution in [0.3, 0.4) is 0 Å². The lowest BCUT2D eigenvalue weighted by molar-refractivity contribution is 0.140. The molecule has 0 atom stereocenters. The van der Waals surface area contributed by atoms with Crippen molar-refractivity contribution in [3.8, 4) is 0 Å². The number of primary sulfonamides is 1. The van der Waals surface area contributed by atoms with Crippen molar-refractivity contribution < 1.29 is 13.2 Å². The van der Waals surface area contributed by atoms with E-state index in [4.69, 9.17) is 9.88 Å². The van der Waals surface area contributed by atoms with E-state index in [1.807, 2.05) is 23.6 Å². The number of benzene rings is 1. The van der Waals surface area contributed by atoms with Crippen molar-refractivity contribution >= 4 is 20.9 Å². The van der Waals surface area contributed by atoms with E-state index in [0.717, 1.165) is 5.52 Å². The van der Waals surface area contributed by atoms with Gasteiger partial charge in [-0.25, -0.2) is 13.6 Å². The van der Waals surface area contributed by atoms with Gasteiger partial charge >= 0.3 is 0 Å². The lowest BCUT2D eigenvalue weighted by Crippen LogP contribution is -2.11. The van der Waals surface area contributed by atoms with E-state index in [0.29, 0.717) is 25.1 Å². The summed E-state index contributed by atoms with van der Waals surface area (Å²) in [5, 5.41) is 5.87. The number of fused-ring (bicyclic) bond motifs is 1. The van der Waals surface area contributed by atoms with E-state index in [1.54, 1.807) is 18.3 Å². The van der Waals surface area contributed by atoms with E-state index in [9.17, 15) is 8.42 Å². The predicted octanol–water partition coefficient (Wildman–Crippen LogP) is 1.33. The van der Waals surface area contributed by atoms with Crippen LogP contribution < -0.4 is 5.14 Å². The number of nitrogens with zero attached hydrogens (tertiary/aromatic N) is 1. The molecule has 0 aliphatic carbocycles. The standard InChI is InChI=1S/C12H16N2O3S/c1-2-17-8-7-14-9-12(18(13,15)16)10-5-3-4-6-11(10)14/h3-6,9H,2,7-8H2,1H3,(H2,13,15,16). The summed E-state index contributed by atoms with van der Waals surface area (Å²) >= 11 is 0. The molecule has 2 aromatic rings. The summed E-state index contributed by atoms with van der Waals surface area (Å²) in [6, 6.07) is 7.29. The largest absolute Gasteiger partial charge is 0.380 e. The fraction of sp³-hybridized carbons (Fsp3) is 0.333. The van der Waals surface area contributed by atoms with Gasteiger partial charge in [0.05, 0.1) is 6.61 Å². The molecule has 0 aliphatic heterocycles. The number of para-hydroxylation sites is 1. The highest BCUT2D eigenvalue weighted by atomic mass is 32.2. The molecular weight excluding hydrogens is 252 g/mol. The molecule has 98 valence electrons. The minimum Gasteiger partial charge on any atom is -0.380 e. The van der Waals surface area contributed by atoms with Gasteiger partial charge in [0.15, 0.2) is 0 Å². The maximum Gasteiger partial charge on any atom is 0.240 e. The number of rotatable bonds is 5. The Morgan fingerprint density at radius 2 is 2.06 bits per heavy atom. The zero-order valence-electron chi connectivity index (χ0n) is 10.2. The van der Waals surface area contributed by atoms with Crippen LogP contribution in [0.4, 0.5) is 0 Å². The number of hydrogen-bond acceptors (Lipinski definition) is 3. The van der Waals surface area contributed by atoms with Crippen LogP contribution in [0.2, 0.25) is 0 Å². The number of ether oxygens (including phenoxy) is 1. The molecule has 1 heterocycles. The van der Waals surface area contributed by atoms with Gasteiger partial charge < -0.3 is 9.30 Å². The zero-order valence-corrected chi connectivity index (χ0v) is 11.0. The average Bonchev–Trinajstić information content (AvgIpc) is 2.69. The third-order valence-electron chi connectivity index (χ3n) is 2.74. The van der Waals surface area contributed by atoms with Crippen LogP contribution in [0.5, 0.6) is 0 Å². The highest BCUT2D eigenvalue weighted by molar-refractivity contribution is 7.89. The van der Waals surface area contributed by atoms with Crippen LogP contribution in [0.25, 0.3) is 10.9 Å². The molecule has 1 aromatic carbocycles. The molecule has 0 fully saturated rings. The molecule has 0 saturated heterocycles. The van der Waals surface area contributed by atoms with Gasteiger partial charge in [0.2, 0.25) is 10.0 Å². The lowest BCUT2D eigenvalue weighted by atomic mass is 10.2. The fourth-order valence-corrected chi connectivity index (χ4v) is 2.69. The van der Waals surface area contributed by atoms with Gasteiger partial charge in [-0.15, -0.1) is 0 Å². The van der Waals surface area contributed by atoms with Gasteiger partial charge in [-0.1, -0.05) is 18.2 Å². The van der Waals surface area contributed by atoms with Gasteiger partial charge in [-0.05, 0) is 13.0 Å². The van der Waals surface area contributed by atoms with Crippen molar-refractivity contribution in [1.29, 1.82) is 0 Å². The van der Waals surface area contributed by atoms with Gasteiger partial charge in [0.25, 0.3) is 0 Å². The van der Waals surface area contributed by atoms with Gasteiger partial charge in [0, 0.05) is 30.3 Å². The molecule has 2 rings (SSSR count). The molecule has 18 heavy (non-hydrogen) atoms. The Labute approximate surface area is 106 Å². The van der Waals surface area contributed by atoms with E-state index in [-0.39, 0.29) is 4.90 Å². The molecule has 0 bridgehead atoms. The third kappa shape index (κ3) is 2.55.